The zero-order valence-electron chi connectivity index (χ0n) is 16.2. The Morgan fingerprint density at radius 1 is 0.897 bits per heavy atom. The average Bonchev–Trinajstić information content (AvgIpc) is 2.78. The summed E-state index contributed by atoms with van der Waals surface area (Å²) in [5.41, 5.74) is 2.57. The molecule has 0 saturated carbocycles. The van der Waals surface area contributed by atoms with Gasteiger partial charge < -0.3 is 14.4 Å². The number of carbonyl (C=O) groups excluding carboxylic acids is 1. The van der Waals surface area contributed by atoms with Gasteiger partial charge in [0.05, 0.1) is 18.7 Å². The average molecular weight is 386 g/mol. The number of hydrogen-bond donors (Lipinski definition) is 0. The van der Waals surface area contributed by atoms with Crippen molar-refractivity contribution in [3.05, 3.63) is 95.6 Å². The van der Waals surface area contributed by atoms with Crippen LogP contribution in [0.25, 0.3) is 0 Å². The predicted molar refractivity (Wildman–Crippen MR) is 110 cm³/mol. The quantitative estimate of drug-likeness (QED) is 0.583. The van der Waals surface area contributed by atoms with E-state index in [4.69, 9.17) is 14.7 Å². The van der Waals surface area contributed by atoms with Crippen LogP contribution >= 0.6 is 0 Å². The minimum Gasteiger partial charge on any atom is -0.493 e. The molecule has 0 aliphatic heterocycles. The summed E-state index contributed by atoms with van der Waals surface area (Å²) >= 11 is 0. The normalized spacial score (nSPS) is 10.1. The van der Waals surface area contributed by atoms with Crippen LogP contribution in [0.3, 0.4) is 0 Å². The van der Waals surface area contributed by atoms with Crippen molar-refractivity contribution in [2.75, 3.05) is 13.7 Å². The Morgan fingerprint density at radius 3 is 2.00 bits per heavy atom. The van der Waals surface area contributed by atoms with Crippen molar-refractivity contribution in [2.45, 2.75) is 13.1 Å². The molecule has 0 aromatic heterocycles. The highest BCUT2D eigenvalue weighted by molar-refractivity contribution is 5.78. The molecule has 0 aliphatic rings. The molecule has 0 N–H and O–H groups in total. The SMILES string of the molecule is COc1cc(C#N)ccc1OCC(=O)N(Cc1ccccc1)Cc1ccccc1. The molecule has 5 nitrogen and oxygen atoms in total. The van der Waals surface area contributed by atoms with Crippen LogP contribution in [0, 0.1) is 11.3 Å². The highest BCUT2D eigenvalue weighted by Crippen LogP contribution is 2.28. The van der Waals surface area contributed by atoms with Crippen LogP contribution in [0.2, 0.25) is 0 Å². The molecule has 3 rings (SSSR count). The lowest BCUT2D eigenvalue weighted by Gasteiger charge is -2.23. The predicted octanol–water partition coefficient (Wildman–Crippen LogP) is 4.17. The van der Waals surface area contributed by atoms with E-state index in [1.54, 1.807) is 23.1 Å². The fourth-order valence-electron chi connectivity index (χ4n) is 2.93. The van der Waals surface area contributed by atoms with E-state index in [9.17, 15) is 4.79 Å². The minimum atomic E-state index is -0.135. The maximum Gasteiger partial charge on any atom is 0.261 e. The third kappa shape index (κ3) is 5.60. The van der Waals surface area contributed by atoms with Crippen LogP contribution in [0.1, 0.15) is 16.7 Å². The number of nitriles is 1. The van der Waals surface area contributed by atoms with Crippen LogP contribution in [-0.4, -0.2) is 24.5 Å². The summed E-state index contributed by atoms with van der Waals surface area (Å²) in [5.74, 6) is 0.720. The second-order valence-electron chi connectivity index (χ2n) is 6.49. The molecule has 146 valence electrons. The highest BCUT2D eigenvalue weighted by atomic mass is 16.5. The fraction of sp³-hybridized carbons (Fsp3) is 0.167. The number of hydrogen-bond acceptors (Lipinski definition) is 4. The van der Waals surface area contributed by atoms with E-state index in [2.05, 4.69) is 6.07 Å². The van der Waals surface area contributed by atoms with Crippen molar-refractivity contribution in [3.63, 3.8) is 0 Å². The lowest BCUT2D eigenvalue weighted by atomic mass is 10.1. The molecule has 3 aromatic rings. The maximum atomic E-state index is 13.0. The lowest BCUT2D eigenvalue weighted by Crippen LogP contribution is -2.34. The van der Waals surface area contributed by atoms with Gasteiger partial charge in [0, 0.05) is 19.2 Å². The molecule has 29 heavy (non-hydrogen) atoms. The van der Waals surface area contributed by atoms with Crippen molar-refractivity contribution >= 4 is 5.91 Å². The molecule has 5 heteroatoms. The first-order valence-electron chi connectivity index (χ1n) is 9.26. The van der Waals surface area contributed by atoms with Crippen molar-refractivity contribution in [1.29, 1.82) is 5.26 Å². The van der Waals surface area contributed by atoms with Crippen LogP contribution in [0.5, 0.6) is 11.5 Å². The smallest absolute Gasteiger partial charge is 0.261 e. The van der Waals surface area contributed by atoms with E-state index < -0.39 is 0 Å². The summed E-state index contributed by atoms with van der Waals surface area (Å²) in [6, 6.07) is 26.6. The topological polar surface area (TPSA) is 62.6 Å². The number of methoxy groups -OCH3 is 1. The molecule has 0 saturated heterocycles. The summed E-state index contributed by atoms with van der Waals surface area (Å²) in [7, 11) is 1.50. The molecule has 3 aromatic carbocycles. The Balaban J connectivity index is 1.73. The minimum absolute atomic E-state index is 0.123. The summed E-state index contributed by atoms with van der Waals surface area (Å²) in [5, 5.41) is 9.01. The Labute approximate surface area is 170 Å². The van der Waals surface area contributed by atoms with Gasteiger partial charge in [-0.15, -0.1) is 0 Å². The first-order chi connectivity index (χ1) is 14.2. The van der Waals surface area contributed by atoms with E-state index in [0.29, 0.717) is 30.2 Å². The summed E-state index contributed by atoms with van der Waals surface area (Å²) in [4.78, 5) is 14.7. The third-order valence-electron chi connectivity index (χ3n) is 4.43. The third-order valence-corrected chi connectivity index (χ3v) is 4.43. The van der Waals surface area contributed by atoms with Gasteiger partial charge in [-0.05, 0) is 23.3 Å². The van der Waals surface area contributed by atoms with E-state index in [0.717, 1.165) is 11.1 Å². The van der Waals surface area contributed by atoms with Crippen molar-refractivity contribution in [2.24, 2.45) is 0 Å². The van der Waals surface area contributed by atoms with Gasteiger partial charge in [-0.2, -0.15) is 5.26 Å². The van der Waals surface area contributed by atoms with Gasteiger partial charge in [-0.25, -0.2) is 0 Å². The van der Waals surface area contributed by atoms with Crippen molar-refractivity contribution in [3.8, 4) is 17.6 Å². The van der Waals surface area contributed by atoms with Crippen LogP contribution in [-0.2, 0) is 17.9 Å². The molecule has 1 amide bonds. The number of carbonyl (C=O) groups is 1. The molecule has 0 radical (unpaired) electrons. The molecule has 0 fully saturated rings. The first-order valence-corrected chi connectivity index (χ1v) is 9.26. The molecular weight excluding hydrogens is 364 g/mol. The van der Waals surface area contributed by atoms with Crippen molar-refractivity contribution < 1.29 is 14.3 Å². The molecule has 0 bridgehead atoms. The van der Waals surface area contributed by atoms with E-state index >= 15 is 0 Å². The molecular formula is C24H22N2O3. The largest absolute Gasteiger partial charge is 0.493 e. The number of rotatable bonds is 8. The Morgan fingerprint density at radius 2 is 1.48 bits per heavy atom. The maximum absolute atomic E-state index is 13.0. The Bertz CT molecular complexity index is 941. The van der Waals surface area contributed by atoms with E-state index in [1.165, 1.54) is 7.11 Å². The molecule has 0 unspecified atom stereocenters. The molecule has 0 heterocycles. The first kappa shape index (κ1) is 20.0. The fourth-order valence-corrected chi connectivity index (χ4v) is 2.93. The Kier molecular flexibility index (Phi) is 6.85. The van der Waals surface area contributed by atoms with E-state index in [-0.39, 0.29) is 12.5 Å². The van der Waals surface area contributed by atoms with Crippen LogP contribution < -0.4 is 9.47 Å². The number of amides is 1. The van der Waals surface area contributed by atoms with Crippen LogP contribution in [0.15, 0.2) is 78.9 Å². The molecule has 0 spiro atoms. The van der Waals surface area contributed by atoms with E-state index in [1.807, 2.05) is 60.7 Å². The second-order valence-corrected chi connectivity index (χ2v) is 6.49. The number of nitrogens with zero attached hydrogens (tertiary/aromatic N) is 2. The van der Waals surface area contributed by atoms with Gasteiger partial charge in [-0.1, -0.05) is 60.7 Å². The zero-order valence-corrected chi connectivity index (χ0v) is 16.2. The van der Waals surface area contributed by atoms with Gasteiger partial charge >= 0.3 is 0 Å². The van der Waals surface area contributed by atoms with Crippen LogP contribution in [0.4, 0.5) is 0 Å². The van der Waals surface area contributed by atoms with Gasteiger partial charge in [0.15, 0.2) is 18.1 Å². The lowest BCUT2D eigenvalue weighted by molar-refractivity contribution is -0.134. The van der Waals surface area contributed by atoms with Crippen molar-refractivity contribution in [1.82, 2.24) is 4.90 Å². The summed E-state index contributed by atoms with van der Waals surface area (Å²) in [6.07, 6.45) is 0. The number of ether oxygens (including phenoxy) is 2. The zero-order chi connectivity index (χ0) is 20.5. The summed E-state index contributed by atoms with van der Waals surface area (Å²) < 4.78 is 11.0. The summed E-state index contributed by atoms with van der Waals surface area (Å²) in [6.45, 7) is 0.854. The molecule has 0 aliphatic carbocycles. The monoisotopic (exact) mass is 386 g/mol. The van der Waals surface area contributed by atoms with Gasteiger partial charge in [0.2, 0.25) is 0 Å². The van der Waals surface area contributed by atoms with Gasteiger partial charge in [0.1, 0.15) is 0 Å². The van der Waals surface area contributed by atoms with Gasteiger partial charge in [0.25, 0.3) is 5.91 Å². The Hall–Kier alpha value is -3.78. The second kappa shape index (κ2) is 9.95. The molecule has 0 atom stereocenters. The standard InChI is InChI=1S/C24H22N2O3/c1-28-23-14-21(15-25)12-13-22(23)29-18-24(27)26(16-19-8-4-2-5-9-19)17-20-10-6-3-7-11-20/h2-14H,16-18H2,1H3. The highest BCUT2D eigenvalue weighted by Gasteiger charge is 2.17. The van der Waals surface area contributed by atoms with Gasteiger partial charge in [-0.3, -0.25) is 4.79 Å². The number of benzene rings is 3.